The fourth-order valence-electron chi connectivity index (χ4n) is 3.66. The minimum Gasteiger partial charge on any atom is -0.359 e. The highest BCUT2D eigenvalue weighted by atomic mass is 32.1. The fraction of sp³-hybridized carbons (Fsp3) is 0.130. The molecule has 1 N–H and O–H groups in total. The molecule has 1 aliphatic heterocycles. The molecule has 4 rings (SSSR count). The Morgan fingerprint density at radius 3 is 1.93 bits per heavy atom. The molecule has 140 valence electrons. The molecular formula is C23H20N2O2S. The van der Waals surface area contributed by atoms with E-state index in [9.17, 15) is 9.90 Å². The maximum atomic E-state index is 13.5. The van der Waals surface area contributed by atoms with Gasteiger partial charge in [0.25, 0.3) is 5.91 Å². The lowest BCUT2D eigenvalue weighted by Crippen LogP contribution is -2.47. The van der Waals surface area contributed by atoms with Gasteiger partial charge < -0.3 is 10.0 Å². The lowest BCUT2D eigenvalue weighted by molar-refractivity contribution is -0.150. The normalized spacial score (nSPS) is 20.5. The van der Waals surface area contributed by atoms with Gasteiger partial charge in [0, 0.05) is 5.56 Å². The Bertz CT molecular complexity index is 995. The average molecular weight is 388 g/mol. The predicted octanol–water partition coefficient (Wildman–Crippen LogP) is 4.23. The van der Waals surface area contributed by atoms with Crippen LogP contribution in [0.15, 0.2) is 91.0 Å². The smallest absolute Gasteiger partial charge is 0.291 e. The molecule has 0 radical (unpaired) electrons. The van der Waals surface area contributed by atoms with Gasteiger partial charge in [0.15, 0.2) is 5.11 Å². The van der Waals surface area contributed by atoms with Crippen molar-refractivity contribution in [2.24, 2.45) is 0 Å². The van der Waals surface area contributed by atoms with E-state index in [2.05, 4.69) is 0 Å². The summed E-state index contributed by atoms with van der Waals surface area (Å²) in [5.74, 6) is -0.474. The first-order valence-corrected chi connectivity index (χ1v) is 9.51. The van der Waals surface area contributed by atoms with E-state index < -0.39 is 11.6 Å². The van der Waals surface area contributed by atoms with Crippen LogP contribution in [0.3, 0.4) is 0 Å². The summed E-state index contributed by atoms with van der Waals surface area (Å²) < 4.78 is 0. The summed E-state index contributed by atoms with van der Waals surface area (Å²) in [5.41, 5.74) is 0.198. The highest BCUT2D eigenvalue weighted by molar-refractivity contribution is 7.80. The van der Waals surface area contributed by atoms with Crippen LogP contribution in [0.2, 0.25) is 0 Å². The van der Waals surface area contributed by atoms with Gasteiger partial charge in [-0.15, -0.1) is 0 Å². The van der Waals surface area contributed by atoms with Gasteiger partial charge in [-0.25, -0.2) is 0 Å². The van der Waals surface area contributed by atoms with Crippen molar-refractivity contribution in [3.63, 3.8) is 0 Å². The Kier molecular flexibility index (Phi) is 4.71. The molecule has 0 aliphatic carbocycles. The highest BCUT2D eigenvalue weighted by Crippen LogP contribution is 2.42. The van der Waals surface area contributed by atoms with Crippen molar-refractivity contribution in [2.45, 2.75) is 18.7 Å². The highest BCUT2D eigenvalue weighted by Gasteiger charge is 2.57. The number of aliphatic hydroxyl groups is 1. The SMILES string of the molecule is C[C@H](c1ccccc1)N1C(=S)N(c2ccccc2)C(=O)[C@@]1(O)c1ccccc1. The summed E-state index contributed by atoms with van der Waals surface area (Å²) in [7, 11) is 0. The average Bonchev–Trinajstić information content (AvgIpc) is 2.95. The van der Waals surface area contributed by atoms with Crippen LogP contribution in [-0.4, -0.2) is 21.0 Å². The lowest BCUT2D eigenvalue weighted by Gasteiger charge is -2.36. The van der Waals surface area contributed by atoms with Gasteiger partial charge in [0.2, 0.25) is 5.72 Å². The Morgan fingerprint density at radius 1 is 0.857 bits per heavy atom. The molecule has 1 heterocycles. The van der Waals surface area contributed by atoms with Gasteiger partial charge in [-0.1, -0.05) is 78.9 Å². The molecule has 0 spiro atoms. The second-order valence-electron chi connectivity index (χ2n) is 6.75. The first-order chi connectivity index (χ1) is 13.5. The number of rotatable bonds is 4. The fourth-order valence-corrected chi connectivity index (χ4v) is 4.13. The third kappa shape index (κ3) is 2.80. The number of amides is 1. The maximum absolute atomic E-state index is 13.5. The molecule has 3 aromatic rings. The first kappa shape index (κ1) is 18.3. The molecule has 0 aromatic heterocycles. The third-order valence-corrected chi connectivity index (χ3v) is 5.49. The van der Waals surface area contributed by atoms with Gasteiger partial charge >= 0.3 is 0 Å². The van der Waals surface area contributed by atoms with Gasteiger partial charge in [0.1, 0.15) is 0 Å². The van der Waals surface area contributed by atoms with Crippen molar-refractivity contribution in [1.82, 2.24) is 4.90 Å². The number of carbonyl (C=O) groups excluding carboxylic acids is 1. The molecule has 0 bridgehead atoms. The summed E-state index contributed by atoms with van der Waals surface area (Å²) in [5, 5.41) is 12.0. The van der Waals surface area contributed by atoms with Crippen LogP contribution in [0.4, 0.5) is 5.69 Å². The Balaban J connectivity index is 1.88. The zero-order valence-electron chi connectivity index (χ0n) is 15.4. The molecule has 0 saturated carbocycles. The van der Waals surface area contributed by atoms with Gasteiger partial charge in [-0.3, -0.25) is 9.69 Å². The number of nitrogens with zero attached hydrogens (tertiary/aromatic N) is 2. The molecule has 5 heteroatoms. The van der Waals surface area contributed by atoms with Crippen LogP contribution in [0, 0.1) is 0 Å². The van der Waals surface area contributed by atoms with Crippen LogP contribution >= 0.6 is 12.2 Å². The van der Waals surface area contributed by atoms with E-state index in [-0.39, 0.29) is 11.2 Å². The number of thiocarbonyl (C=S) groups is 1. The molecule has 1 amide bonds. The lowest BCUT2D eigenvalue weighted by atomic mass is 9.98. The molecule has 28 heavy (non-hydrogen) atoms. The summed E-state index contributed by atoms with van der Waals surface area (Å²) in [6, 6.07) is 27.6. The van der Waals surface area contributed by atoms with E-state index in [1.807, 2.05) is 73.7 Å². The monoisotopic (exact) mass is 388 g/mol. The zero-order valence-corrected chi connectivity index (χ0v) is 16.2. The first-order valence-electron chi connectivity index (χ1n) is 9.11. The Hall–Kier alpha value is -3.02. The third-order valence-electron chi connectivity index (χ3n) is 5.11. The van der Waals surface area contributed by atoms with Gasteiger partial charge in [0.05, 0.1) is 11.7 Å². The molecule has 3 aromatic carbocycles. The molecule has 4 nitrogen and oxygen atoms in total. The number of benzene rings is 3. The van der Waals surface area contributed by atoms with E-state index in [0.29, 0.717) is 11.3 Å². The van der Waals surface area contributed by atoms with E-state index in [4.69, 9.17) is 12.2 Å². The zero-order chi connectivity index (χ0) is 19.7. The molecular weight excluding hydrogens is 368 g/mol. The van der Waals surface area contributed by atoms with Crippen molar-refractivity contribution in [3.8, 4) is 0 Å². The molecule has 1 fully saturated rings. The number of anilines is 1. The van der Waals surface area contributed by atoms with Crippen LogP contribution in [0.25, 0.3) is 0 Å². The van der Waals surface area contributed by atoms with Crippen LogP contribution in [0.5, 0.6) is 0 Å². The molecule has 1 saturated heterocycles. The Labute approximate surface area is 169 Å². The summed E-state index contributed by atoms with van der Waals surface area (Å²) in [4.78, 5) is 16.6. The summed E-state index contributed by atoms with van der Waals surface area (Å²) >= 11 is 5.72. The largest absolute Gasteiger partial charge is 0.359 e. The second-order valence-corrected chi connectivity index (χ2v) is 7.12. The minimum atomic E-state index is -1.89. The summed E-state index contributed by atoms with van der Waals surface area (Å²) in [6.45, 7) is 1.94. The topological polar surface area (TPSA) is 43.8 Å². The number of hydrogen-bond acceptors (Lipinski definition) is 3. The van der Waals surface area contributed by atoms with E-state index in [0.717, 1.165) is 5.56 Å². The van der Waals surface area contributed by atoms with E-state index in [1.54, 1.807) is 29.2 Å². The maximum Gasteiger partial charge on any atom is 0.291 e. The number of hydrogen-bond donors (Lipinski definition) is 1. The minimum absolute atomic E-state index is 0.277. The molecule has 1 aliphatic rings. The number of carbonyl (C=O) groups is 1. The van der Waals surface area contributed by atoms with Crippen molar-refractivity contribution >= 4 is 28.9 Å². The van der Waals surface area contributed by atoms with Crippen LogP contribution < -0.4 is 4.90 Å². The van der Waals surface area contributed by atoms with Crippen molar-refractivity contribution in [1.29, 1.82) is 0 Å². The summed E-state index contributed by atoms with van der Waals surface area (Å²) in [6.07, 6.45) is 0. The molecule has 0 unspecified atom stereocenters. The Morgan fingerprint density at radius 2 is 1.36 bits per heavy atom. The molecule has 2 atom stereocenters. The van der Waals surface area contributed by atoms with E-state index >= 15 is 0 Å². The van der Waals surface area contributed by atoms with Crippen LogP contribution in [-0.2, 0) is 10.5 Å². The quantitative estimate of drug-likeness (QED) is 0.680. The van der Waals surface area contributed by atoms with Crippen molar-refractivity contribution in [2.75, 3.05) is 4.90 Å². The van der Waals surface area contributed by atoms with Crippen molar-refractivity contribution in [3.05, 3.63) is 102 Å². The van der Waals surface area contributed by atoms with Gasteiger partial charge in [-0.05, 0) is 36.8 Å². The van der Waals surface area contributed by atoms with E-state index in [1.165, 1.54) is 4.90 Å². The standard InChI is InChI=1S/C23H20N2O2S/c1-17(18-11-5-2-6-12-18)25-22(28)24(20-15-9-4-10-16-20)21(26)23(25,27)19-13-7-3-8-14-19/h2-17,27H,1H3/t17-,23+/m1/s1. The van der Waals surface area contributed by atoms with Crippen molar-refractivity contribution < 1.29 is 9.90 Å². The van der Waals surface area contributed by atoms with Crippen LogP contribution in [0.1, 0.15) is 24.1 Å². The number of para-hydroxylation sites is 1. The van der Waals surface area contributed by atoms with Gasteiger partial charge in [-0.2, -0.15) is 0 Å². The predicted molar refractivity (Wildman–Crippen MR) is 114 cm³/mol. The second kappa shape index (κ2) is 7.19.